The Labute approximate surface area is 75.9 Å². The highest BCUT2D eigenvalue weighted by molar-refractivity contribution is 5.78. The second-order valence-electron chi connectivity index (χ2n) is 3.36. The highest BCUT2D eigenvalue weighted by Gasteiger charge is 2.08. The number of hydrogen-bond acceptors (Lipinski definition) is 1. The van der Waals surface area contributed by atoms with Crippen LogP contribution in [0.1, 0.15) is 47.0 Å². The Bertz CT molecular complexity index is 168. The molecule has 1 atom stereocenters. The van der Waals surface area contributed by atoms with Crippen molar-refractivity contribution in [2.75, 3.05) is 0 Å². The number of carbonyl (C=O) groups excluding carboxylic acids is 1. The normalized spacial score (nSPS) is 14.5. The fourth-order valence-corrected chi connectivity index (χ4v) is 1.11. The predicted molar refractivity (Wildman–Crippen MR) is 53.1 cm³/mol. The zero-order chi connectivity index (χ0) is 9.56. The van der Waals surface area contributed by atoms with Crippen molar-refractivity contribution in [3.63, 3.8) is 0 Å². The molecular formula is C11H20O. The first-order chi connectivity index (χ1) is 5.61. The van der Waals surface area contributed by atoms with Crippen molar-refractivity contribution in [1.29, 1.82) is 0 Å². The van der Waals surface area contributed by atoms with E-state index in [4.69, 9.17) is 0 Å². The minimum absolute atomic E-state index is 0.242. The minimum atomic E-state index is 0.242. The van der Waals surface area contributed by atoms with Crippen molar-refractivity contribution in [3.05, 3.63) is 11.6 Å². The zero-order valence-corrected chi connectivity index (χ0v) is 8.68. The summed E-state index contributed by atoms with van der Waals surface area (Å²) in [5.74, 6) is 0.559. The first kappa shape index (κ1) is 11.4. The van der Waals surface area contributed by atoms with Gasteiger partial charge < -0.3 is 0 Å². The molecule has 0 aromatic rings. The Morgan fingerprint density at radius 2 is 1.92 bits per heavy atom. The summed E-state index contributed by atoms with van der Waals surface area (Å²) in [4.78, 5) is 11.0. The molecule has 0 bridgehead atoms. The summed E-state index contributed by atoms with van der Waals surface area (Å²) in [6, 6.07) is 0. The van der Waals surface area contributed by atoms with Crippen LogP contribution in [0.5, 0.6) is 0 Å². The van der Waals surface area contributed by atoms with Gasteiger partial charge in [-0.05, 0) is 33.1 Å². The van der Waals surface area contributed by atoms with Crippen molar-refractivity contribution < 1.29 is 4.79 Å². The minimum Gasteiger partial charge on any atom is -0.300 e. The molecule has 0 aromatic heterocycles. The summed E-state index contributed by atoms with van der Waals surface area (Å²) in [6.07, 6.45) is 5.16. The van der Waals surface area contributed by atoms with Crippen molar-refractivity contribution in [2.24, 2.45) is 5.92 Å². The second kappa shape index (κ2) is 5.99. The fourth-order valence-electron chi connectivity index (χ4n) is 1.11. The summed E-state index contributed by atoms with van der Waals surface area (Å²) in [5, 5.41) is 0. The summed E-state index contributed by atoms with van der Waals surface area (Å²) in [6.45, 7) is 8.01. The number of rotatable bonds is 5. The van der Waals surface area contributed by atoms with E-state index in [1.165, 1.54) is 5.57 Å². The van der Waals surface area contributed by atoms with Crippen molar-refractivity contribution >= 4 is 5.78 Å². The monoisotopic (exact) mass is 168 g/mol. The van der Waals surface area contributed by atoms with E-state index in [1.54, 1.807) is 6.92 Å². The number of allylic oxidation sites excluding steroid dienone is 2. The van der Waals surface area contributed by atoms with Crippen LogP contribution in [0.15, 0.2) is 11.6 Å². The Balaban J connectivity index is 3.96. The smallest absolute Gasteiger partial charge is 0.133 e. The molecule has 0 aliphatic rings. The molecule has 1 nitrogen and oxygen atoms in total. The van der Waals surface area contributed by atoms with Crippen LogP contribution in [0.4, 0.5) is 0 Å². The maximum absolute atomic E-state index is 11.0. The third-order valence-corrected chi connectivity index (χ3v) is 2.38. The van der Waals surface area contributed by atoms with Gasteiger partial charge in [-0.3, -0.25) is 4.79 Å². The zero-order valence-electron chi connectivity index (χ0n) is 8.68. The molecule has 0 rings (SSSR count). The van der Waals surface area contributed by atoms with Crippen LogP contribution in [0.25, 0.3) is 0 Å². The molecule has 12 heavy (non-hydrogen) atoms. The standard InChI is InChI=1S/C11H20O/c1-5-9(3)7-8-11(6-2)10(4)12/h7,11H,5-6,8H2,1-4H3. The molecule has 0 saturated carbocycles. The average molecular weight is 168 g/mol. The molecule has 0 spiro atoms. The molecule has 0 radical (unpaired) electrons. The number of hydrogen-bond donors (Lipinski definition) is 0. The van der Waals surface area contributed by atoms with Crippen molar-refractivity contribution in [1.82, 2.24) is 0 Å². The van der Waals surface area contributed by atoms with E-state index in [2.05, 4.69) is 26.8 Å². The highest BCUT2D eigenvalue weighted by atomic mass is 16.1. The van der Waals surface area contributed by atoms with Gasteiger partial charge in [-0.25, -0.2) is 0 Å². The third-order valence-electron chi connectivity index (χ3n) is 2.38. The van der Waals surface area contributed by atoms with E-state index < -0.39 is 0 Å². The SMILES string of the molecule is CCC(C)=CCC(CC)C(C)=O. The van der Waals surface area contributed by atoms with E-state index in [0.29, 0.717) is 5.78 Å². The van der Waals surface area contributed by atoms with E-state index in [9.17, 15) is 4.79 Å². The molecule has 0 fully saturated rings. The van der Waals surface area contributed by atoms with Crippen LogP contribution in [0, 0.1) is 5.92 Å². The molecular weight excluding hydrogens is 148 g/mol. The summed E-state index contributed by atoms with van der Waals surface area (Å²) in [7, 11) is 0. The molecule has 0 aromatic carbocycles. The molecule has 0 saturated heterocycles. The molecule has 70 valence electrons. The molecule has 1 heteroatoms. The van der Waals surface area contributed by atoms with Crippen molar-refractivity contribution in [3.8, 4) is 0 Å². The number of carbonyl (C=O) groups is 1. The Morgan fingerprint density at radius 3 is 2.25 bits per heavy atom. The van der Waals surface area contributed by atoms with E-state index in [1.807, 2.05) is 0 Å². The predicted octanol–water partition coefficient (Wildman–Crippen LogP) is 3.35. The highest BCUT2D eigenvalue weighted by Crippen LogP contribution is 2.12. The van der Waals surface area contributed by atoms with Gasteiger partial charge in [-0.15, -0.1) is 0 Å². The summed E-state index contributed by atoms with van der Waals surface area (Å²) < 4.78 is 0. The van der Waals surface area contributed by atoms with E-state index in [-0.39, 0.29) is 5.92 Å². The Kier molecular flexibility index (Phi) is 5.69. The lowest BCUT2D eigenvalue weighted by molar-refractivity contribution is -0.120. The first-order valence-electron chi connectivity index (χ1n) is 4.77. The number of ketones is 1. The molecule has 0 heterocycles. The summed E-state index contributed by atoms with van der Waals surface area (Å²) in [5.41, 5.74) is 1.38. The number of Topliss-reactive ketones (excluding diaryl/α,β-unsaturated/α-hetero) is 1. The van der Waals surface area contributed by atoms with Crippen LogP contribution in [0.2, 0.25) is 0 Å². The van der Waals surface area contributed by atoms with Crippen LogP contribution < -0.4 is 0 Å². The molecule has 0 aliphatic carbocycles. The molecule has 1 unspecified atom stereocenters. The van der Waals surface area contributed by atoms with Crippen LogP contribution in [-0.2, 0) is 4.79 Å². The van der Waals surface area contributed by atoms with E-state index >= 15 is 0 Å². The average Bonchev–Trinajstić information content (AvgIpc) is 2.04. The van der Waals surface area contributed by atoms with Gasteiger partial charge in [0.2, 0.25) is 0 Å². The first-order valence-corrected chi connectivity index (χ1v) is 4.77. The molecule has 0 N–H and O–H groups in total. The van der Waals surface area contributed by atoms with E-state index in [0.717, 1.165) is 19.3 Å². The Hall–Kier alpha value is -0.590. The second-order valence-corrected chi connectivity index (χ2v) is 3.36. The summed E-state index contributed by atoms with van der Waals surface area (Å²) >= 11 is 0. The lowest BCUT2D eigenvalue weighted by Crippen LogP contribution is -2.08. The Morgan fingerprint density at radius 1 is 1.33 bits per heavy atom. The topological polar surface area (TPSA) is 17.1 Å². The van der Waals surface area contributed by atoms with Gasteiger partial charge in [0.15, 0.2) is 0 Å². The largest absolute Gasteiger partial charge is 0.300 e. The molecule has 0 aliphatic heterocycles. The van der Waals surface area contributed by atoms with Gasteiger partial charge in [0, 0.05) is 5.92 Å². The van der Waals surface area contributed by atoms with Gasteiger partial charge in [0.1, 0.15) is 5.78 Å². The van der Waals surface area contributed by atoms with Gasteiger partial charge >= 0.3 is 0 Å². The van der Waals surface area contributed by atoms with Crippen LogP contribution in [0.3, 0.4) is 0 Å². The maximum atomic E-state index is 11.0. The van der Waals surface area contributed by atoms with Gasteiger partial charge in [-0.1, -0.05) is 25.5 Å². The fraction of sp³-hybridized carbons (Fsp3) is 0.727. The lowest BCUT2D eigenvalue weighted by Gasteiger charge is -2.07. The molecule has 0 amide bonds. The third kappa shape index (κ3) is 4.32. The lowest BCUT2D eigenvalue weighted by atomic mass is 9.97. The van der Waals surface area contributed by atoms with Gasteiger partial charge in [0.05, 0.1) is 0 Å². The maximum Gasteiger partial charge on any atom is 0.133 e. The van der Waals surface area contributed by atoms with Crippen LogP contribution in [-0.4, -0.2) is 5.78 Å². The van der Waals surface area contributed by atoms with Crippen LogP contribution >= 0.6 is 0 Å². The quantitative estimate of drug-likeness (QED) is 0.575. The van der Waals surface area contributed by atoms with Crippen molar-refractivity contribution in [2.45, 2.75) is 47.0 Å². The van der Waals surface area contributed by atoms with Gasteiger partial charge in [0.25, 0.3) is 0 Å². The van der Waals surface area contributed by atoms with Gasteiger partial charge in [-0.2, -0.15) is 0 Å².